The number of hydrogen-bond donors (Lipinski definition) is 0. The van der Waals surface area contributed by atoms with Gasteiger partial charge < -0.3 is 0 Å². The topological polar surface area (TPSA) is 25.8 Å². The number of nitrogens with zero attached hydrogens (tertiary/aromatic N) is 2. The summed E-state index contributed by atoms with van der Waals surface area (Å²) in [5, 5.41) is 0. The first-order chi connectivity index (χ1) is 4.75. The Morgan fingerprint density at radius 1 is 1.60 bits per heavy atom. The van der Waals surface area contributed by atoms with E-state index in [2.05, 4.69) is 45.2 Å². The van der Waals surface area contributed by atoms with Crippen molar-refractivity contribution in [2.75, 3.05) is 0 Å². The highest BCUT2D eigenvalue weighted by atomic mass is 127. The van der Waals surface area contributed by atoms with Gasteiger partial charge in [-0.05, 0) is 13.3 Å². The van der Waals surface area contributed by atoms with Crippen molar-refractivity contribution < 1.29 is 0 Å². The number of aromatic nitrogens is 2. The summed E-state index contributed by atoms with van der Waals surface area (Å²) in [7, 11) is 0. The van der Waals surface area contributed by atoms with Crippen molar-refractivity contribution in [2.45, 2.75) is 24.2 Å². The molecule has 0 aliphatic rings. The van der Waals surface area contributed by atoms with Crippen LogP contribution in [0.25, 0.3) is 0 Å². The molecule has 0 aliphatic heterocycles. The maximum atomic E-state index is 4.21. The zero-order valence-corrected chi connectivity index (χ0v) is 8.94. The van der Waals surface area contributed by atoms with Gasteiger partial charge in [0.05, 0.1) is 27.0 Å². The minimum Gasteiger partial charge on any atom is -0.178 e. The molecule has 0 bridgehead atoms. The van der Waals surface area contributed by atoms with Crippen molar-refractivity contribution in [2.24, 2.45) is 0 Å². The number of hydrogen-bond acceptors (Lipinski definition) is 3. The van der Waals surface area contributed by atoms with Crippen LogP contribution in [0.15, 0.2) is 0 Å². The normalized spacial score (nSPS) is 13.5. The van der Waals surface area contributed by atoms with Crippen LogP contribution < -0.4 is 0 Å². The quantitative estimate of drug-likeness (QED) is 0.608. The molecule has 0 amide bonds. The Kier molecular flexibility index (Phi) is 3.03. The van der Waals surface area contributed by atoms with Crippen LogP contribution >= 0.6 is 34.3 Å². The molecule has 0 aliphatic carbocycles. The summed E-state index contributed by atoms with van der Waals surface area (Å²) in [6.45, 7) is 4.25. The number of alkyl halides is 1. The Morgan fingerprint density at radius 2 is 2.30 bits per heavy atom. The minimum absolute atomic E-state index is 0.492. The van der Waals surface area contributed by atoms with E-state index in [1.807, 2.05) is 0 Å². The molecule has 0 radical (unpaired) electrons. The van der Waals surface area contributed by atoms with Crippen LogP contribution in [0.3, 0.4) is 0 Å². The Bertz CT molecular complexity index is 209. The molecule has 0 saturated heterocycles. The van der Waals surface area contributed by atoms with Crippen LogP contribution in [-0.2, 0) is 6.42 Å². The average Bonchev–Trinajstić information content (AvgIpc) is 2.33. The molecular formula is C6H9IN2S. The van der Waals surface area contributed by atoms with E-state index in [0.29, 0.717) is 3.92 Å². The summed E-state index contributed by atoms with van der Waals surface area (Å²) < 4.78 is 8.88. The predicted octanol–water partition coefficient (Wildman–Crippen LogP) is 2.60. The first-order valence-electron chi connectivity index (χ1n) is 3.21. The van der Waals surface area contributed by atoms with Crippen molar-refractivity contribution in [3.8, 4) is 0 Å². The molecule has 1 aromatic rings. The standard InChI is InChI=1S/C6H9IN2S/c1-3-5-6(4(2)7)9-10-8-5/h4H,3H2,1-2H3. The smallest absolute Gasteiger partial charge is 0.0900 e. The molecule has 0 saturated carbocycles. The third-order valence-electron chi connectivity index (χ3n) is 1.30. The molecular weight excluding hydrogens is 259 g/mol. The lowest BCUT2D eigenvalue weighted by Gasteiger charge is -1.97. The first-order valence-corrected chi connectivity index (χ1v) is 5.18. The number of aryl methyl sites for hydroxylation is 1. The van der Waals surface area contributed by atoms with E-state index in [-0.39, 0.29) is 0 Å². The van der Waals surface area contributed by atoms with E-state index in [0.717, 1.165) is 17.8 Å². The van der Waals surface area contributed by atoms with Gasteiger partial charge in [-0.1, -0.05) is 29.5 Å². The van der Waals surface area contributed by atoms with Gasteiger partial charge in [0, 0.05) is 0 Å². The monoisotopic (exact) mass is 268 g/mol. The summed E-state index contributed by atoms with van der Waals surface area (Å²) in [5.41, 5.74) is 2.32. The summed E-state index contributed by atoms with van der Waals surface area (Å²) in [6.07, 6.45) is 0.999. The Hall–Kier alpha value is 0.290. The first kappa shape index (κ1) is 8.39. The maximum Gasteiger partial charge on any atom is 0.0900 e. The predicted molar refractivity (Wildman–Crippen MR) is 51.7 cm³/mol. The highest BCUT2D eigenvalue weighted by molar-refractivity contribution is 14.1. The van der Waals surface area contributed by atoms with Gasteiger partial charge in [0.2, 0.25) is 0 Å². The molecule has 0 spiro atoms. The number of halogens is 1. The van der Waals surface area contributed by atoms with Crippen molar-refractivity contribution in [1.29, 1.82) is 0 Å². The Balaban J connectivity index is 2.90. The van der Waals surface area contributed by atoms with Crippen LogP contribution in [0.4, 0.5) is 0 Å². The second-order valence-electron chi connectivity index (χ2n) is 2.07. The molecule has 56 valence electrons. The average molecular weight is 268 g/mol. The lowest BCUT2D eigenvalue weighted by molar-refractivity contribution is 0.982. The zero-order chi connectivity index (χ0) is 7.56. The molecule has 0 aromatic carbocycles. The van der Waals surface area contributed by atoms with Crippen LogP contribution in [0.5, 0.6) is 0 Å². The lowest BCUT2D eigenvalue weighted by atomic mass is 10.2. The number of rotatable bonds is 2. The highest BCUT2D eigenvalue weighted by Gasteiger charge is 2.09. The Labute approximate surface area is 78.5 Å². The molecule has 2 nitrogen and oxygen atoms in total. The maximum absolute atomic E-state index is 4.21. The van der Waals surface area contributed by atoms with E-state index in [1.54, 1.807) is 0 Å². The third-order valence-corrected chi connectivity index (χ3v) is 2.47. The van der Waals surface area contributed by atoms with Gasteiger partial charge in [-0.25, -0.2) is 0 Å². The van der Waals surface area contributed by atoms with E-state index in [9.17, 15) is 0 Å². The van der Waals surface area contributed by atoms with Crippen LogP contribution in [0, 0.1) is 0 Å². The van der Waals surface area contributed by atoms with Gasteiger partial charge in [0.1, 0.15) is 0 Å². The molecule has 10 heavy (non-hydrogen) atoms. The molecule has 1 atom stereocenters. The van der Waals surface area contributed by atoms with Crippen molar-refractivity contribution in [3.05, 3.63) is 11.4 Å². The van der Waals surface area contributed by atoms with Crippen molar-refractivity contribution in [1.82, 2.24) is 8.75 Å². The Morgan fingerprint density at radius 3 is 2.70 bits per heavy atom. The summed E-state index contributed by atoms with van der Waals surface area (Å²) in [5.74, 6) is 0. The summed E-state index contributed by atoms with van der Waals surface area (Å²) >= 11 is 3.67. The molecule has 0 fully saturated rings. The van der Waals surface area contributed by atoms with Crippen molar-refractivity contribution in [3.63, 3.8) is 0 Å². The summed E-state index contributed by atoms with van der Waals surface area (Å²) in [6, 6.07) is 0. The second kappa shape index (κ2) is 3.61. The van der Waals surface area contributed by atoms with Crippen LogP contribution in [0.1, 0.15) is 29.2 Å². The van der Waals surface area contributed by atoms with Crippen LogP contribution in [0.2, 0.25) is 0 Å². The molecule has 1 unspecified atom stereocenters. The third kappa shape index (κ3) is 1.66. The van der Waals surface area contributed by atoms with E-state index >= 15 is 0 Å². The fourth-order valence-electron chi connectivity index (χ4n) is 0.761. The van der Waals surface area contributed by atoms with E-state index in [4.69, 9.17) is 0 Å². The fraction of sp³-hybridized carbons (Fsp3) is 0.667. The second-order valence-corrected chi connectivity index (χ2v) is 4.46. The van der Waals surface area contributed by atoms with Gasteiger partial charge in [-0.3, -0.25) is 0 Å². The van der Waals surface area contributed by atoms with Crippen molar-refractivity contribution >= 4 is 34.3 Å². The highest BCUT2D eigenvalue weighted by Crippen LogP contribution is 2.23. The fourth-order valence-corrected chi connectivity index (χ4v) is 2.16. The molecule has 1 aromatic heterocycles. The minimum atomic E-state index is 0.492. The molecule has 0 N–H and O–H groups in total. The molecule has 1 heterocycles. The van der Waals surface area contributed by atoms with E-state index < -0.39 is 0 Å². The molecule has 4 heteroatoms. The molecule has 1 rings (SSSR count). The van der Waals surface area contributed by atoms with Gasteiger partial charge in [-0.2, -0.15) is 8.75 Å². The van der Waals surface area contributed by atoms with Crippen LogP contribution in [-0.4, -0.2) is 8.75 Å². The lowest BCUT2D eigenvalue weighted by Crippen LogP contribution is -1.90. The zero-order valence-electron chi connectivity index (χ0n) is 5.97. The van der Waals surface area contributed by atoms with E-state index in [1.165, 1.54) is 11.7 Å². The summed E-state index contributed by atoms with van der Waals surface area (Å²) in [4.78, 5) is 0. The SMILES string of the molecule is CCc1nsnc1C(C)I. The largest absolute Gasteiger partial charge is 0.178 e. The van der Waals surface area contributed by atoms with Gasteiger partial charge >= 0.3 is 0 Å². The van der Waals surface area contributed by atoms with Gasteiger partial charge in [0.15, 0.2) is 0 Å². The van der Waals surface area contributed by atoms with Gasteiger partial charge in [0.25, 0.3) is 0 Å². The van der Waals surface area contributed by atoms with Gasteiger partial charge in [-0.15, -0.1) is 0 Å².